The van der Waals surface area contributed by atoms with E-state index in [-0.39, 0.29) is 24.6 Å². The third kappa shape index (κ3) is 5.96. The number of carbonyl (C=O) groups is 3. The van der Waals surface area contributed by atoms with Crippen LogP contribution in [0.25, 0.3) is 0 Å². The molecule has 2 N–H and O–H groups in total. The van der Waals surface area contributed by atoms with Crippen LogP contribution in [0.15, 0.2) is 109 Å². The summed E-state index contributed by atoms with van der Waals surface area (Å²) in [5, 5.41) is 5.61. The van der Waals surface area contributed by atoms with Crippen LogP contribution >= 0.6 is 0 Å². The molecule has 3 amide bonds. The van der Waals surface area contributed by atoms with Crippen LogP contribution in [0.3, 0.4) is 0 Å². The number of cyclic esters (lactones) is 1. The second-order valence-electron chi connectivity index (χ2n) is 9.13. The minimum atomic E-state index is -0.959. The summed E-state index contributed by atoms with van der Waals surface area (Å²) in [6.07, 6.45) is -1.55. The number of hydrogen-bond donors (Lipinski definition) is 2. The number of nitrogens with one attached hydrogen (secondary N) is 2. The highest BCUT2D eigenvalue weighted by Crippen LogP contribution is 2.35. The maximum atomic E-state index is 14.1. The molecule has 0 unspecified atom stereocenters. The average Bonchev–Trinajstić information content (AvgIpc) is 3.29. The first-order valence-electron chi connectivity index (χ1n) is 12.5. The summed E-state index contributed by atoms with van der Waals surface area (Å²) in [6.45, 7) is 0.471. The molecule has 1 fully saturated rings. The molecule has 5 rings (SSSR count). The molecule has 8 heteroatoms. The largest absolute Gasteiger partial charge is 0.438 e. The highest BCUT2D eigenvalue weighted by molar-refractivity contribution is 6.04. The molecule has 2 atom stereocenters. The Morgan fingerprint density at radius 3 is 2.21 bits per heavy atom. The number of rotatable bonds is 8. The fourth-order valence-corrected chi connectivity index (χ4v) is 4.52. The number of amides is 3. The second kappa shape index (κ2) is 11.6. The van der Waals surface area contributed by atoms with Crippen LogP contribution in [0.5, 0.6) is 0 Å². The van der Waals surface area contributed by atoms with Crippen molar-refractivity contribution in [2.45, 2.75) is 25.2 Å². The van der Waals surface area contributed by atoms with E-state index in [2.05, 4.69) is 10.6 Å². The van der Waals surface area contributed by atoms with E-state index >= 15 is 0 Å². The van der Waals surface area contributed by atoms with E-state index in [0.717, 1.165) is 11.1 Å². The predicted octanol–water partition coefficient (Wildman–Crippen LogP) is 5.46. The van der Waals surface area contributed by atoms with Gasteiger partial charge in [0.15, 0.2) is 12.1 Å². The van der Waals surface area contributed by atoms with Crippen LogP contribution in [-0.2, 0) is 22.6 Å². The Morgan fingerprint density at radius 1 is 0.821 bits per heavy atom. The molecule has 1 saturated heterocycles. The molecule has 39 heavy (non-hydrogen) atoms. The van der Waals surface area contributed by atoms with Crippen LogP contribution in [0.1, 0.15) is 33.2 Å². The summed E-state index contributed by atoms with van der Waals surface area (Å²) in [5.74, 6) is -1.62. The van der Waals surface area contributed by atoms with Gasteiger partial charge in [-0.1, -0.05) is 84.9 Å². The summed E-state index contributed by atoms with van der Waals surface area (Å²) >= 11 is 0. The van der Waals surface area contributed by atoms with E-state index in [9.17, 15) is 18.8 Å². The fourth-order valence-electron chi connectivity index (χ4n) is 4.52. The molecule has 196 valence electrons. The summed E-state index contributed by atoms with van der Waals surface area (Å²) in [5.41, 5.74) is 2.57. The molecule has 0 radical (unpaired) electrons. The molecule has 0 saturated carbocycles. The zero-order valence-electron chi connectivity index (χ0n) is 20.9. The Bertz CT molecular complexity index is 1480. The lowest BCUT2D eigenvalue weighted by atomic mass is 10.00. The third-order valence-corrected chi connectivity index (χ3v) is 6.45. The maximum absolute atomic E-state index is 14.1. The van der Waals surface area contributed by atoms with E-state index in [1.54, 1.807) is 30.3 Å². The second-order valence-corrected chi connectivity index (χ2v) is 9.13. The lowest BCUT2D eigenvalue weighted by Crippen LogP contribution is -2.46. The van der Waals surface area contributed by atoms with Crippen molar-refractivity contribution in [2.75, 3.05) is 5.32 Å². The molecule has 0 spiro atoms. The maximum Gasteiger partial charge on any atom is 0.411 e. The number of nitrogens with zero attached hydrogens (tertiary/aromatic N) is 1. The van der Waals surface area contributed by atoms with Crippen molar-refractivity contribution in [3.8, 4) is 0 Å². The van der Waals surface area contributed by atoms with Gasteiger partial charge in [0.05, 0.1) is 12.1 Å². The fraction of sp³-hybridized carbons (Fsp3) is 0.129. The number of anilines is 1. The van der Waals surface area contributed by atoms with Gasteiger partial charge in [0.25, 0.3) is 5.91 Å². The minimum absolute atomic E-state index is 0.0950. The Kier molecular flexibility index (Phi) is 7.63. The SMILES string of the molecule is O=C(Nc1cccc([C@@H]2OC(=O)N(Cc3ccccc3)[C@H]2C(=O)NCc2ccccc2)c1)c1ccccc1F. The summed E-state index contributed by atoms with van der Waals surface area (Å²) in [4.78, 5) is 40.7. The highest BCUT2D eigenvalue weighted by Gasteiger charge is 2.47. The summed E-state index contributed by atoms with van der Waals surface area (Å²) in [7, 11) is 0. The number of carbonyl (C=O) groups excluding carboxylic acids is 3. The van der Waals surface area contributed by atoms with Crippen molar-refractivity contribution in [2.24, 2.45) is 0 Å². The molecular formula is C31H26FN3O4. The van der Waals surface area contributed by atoms with Crippen LogP contribution < -0.4 is 10.6 Å². The molecule has 1 aliphatic rings. The Balaban J connectivity index is 1.41. The van der Waals surface area contributed by atoms with Crippen molar-refractivity contribution >= 4 is 23.6 Å². The Morgan fingerprint density at radius 2 is 1.49 bits per heavy atom. The zero-order valence-corrected chi connectivity index (χ0v) is 20.9. The van der Waals surface area contributed by atoms with Crippen molar-refractivity contribution in [1.29, 1.82) is 0 Å². The van der Waals surface area contributed by atoms with Gasteiger partial charge in [-0.3, -0.25) is 14.5 Å². The van der Waals surface area contributed by atoms with Gasteiger partial charge in [-0.2, -0.15) is 0 Å². The average molecular weight is 524 g/mol. The van der Waals surface area contributed by atoms with E-state index in [1.807, 2.05) is 60.7 Å². The molecule has 0 aliphatic carbocycles. The van der Waals surface area contributed by atoms with E-state index in [1.165, 1.54) is 23.1 Å². The standard InChI is InChI=1S/C31H26FN3O4/c32-26-17-8-7-16-25(26)29(36)34-24-15-9-14-23(18-24)28-27(30(37)33-19-21-10-3-1-4-11-21)35(31(38)39-28)20-22-12-5-2-6-13-22/h1-18,27-28H,19-20H2,(H,33,37)(H,34,36)/t27-,28+/m1/s1. The zero-order chi connectivity index (χ0) is 27.2. The highest BCUT2D eigenvalue weighted by atomic mass is 19.1. The van der Waals surface area contributed by atoms with Gasteiger partial charge >= 0.3 is 6.09 Å². The third-order valence-electron chi connectivity index (χ3n) is 6.45. The molecular weight excluding hydrogens is 497 g/mol. The van der Waals surface area contributed by atoms with Crippen LogP contribution in [0, 0.1) is 5.82 Å². The molecule has 1 heterocycles. The van der Waals surface area contributed by atoms with E-state index in [0.29, 0.717) is 11.3 Å². The van der Waals surface area contributed by atoms with Crippen molar-refractivity contribution < 1.29 is 23.5 Å². The molecule has 4 aromatic rings. The van der Waals surface area contributed by atoms with Gasteiger partial charge in [0.2, 0.25) is 5.91 Å². The van der Waals surface area contributed by atoms with Crippen LogP contribution in [-0.4, -0.2) is 28.8 Å². The Labute approximate surface area is 225 Å². The van der Waals surface area contributed by atoms with Crippen molar-refractivity contribution in [3.05, 3.63) is 137 Å². The summed E-state index contributed by atoms with van der Waals surface area (Å²) in [6, 6.07) is 30.2. The summed E-state index contributed by atoms with van der Waals surface area (Å²) < 4.78 is 19.8. The Hall–Kier alpha value is -4.98. The topological polar surface area (TPSA) is 87.7 Å². The van der Waals surface area contributed by atoms with Gasteiger partial charge in [0, 0.05) is 12.2 Å². The number of halogens is 1. The first-order valence-corrected chi connectivity index (χ1v) is 12.5. The van der Waals surface area contributed by atoms with Gasteiger partial charge < -0.3 is 15.4 Å². The number of hydrogen-bond acceptors (Lipinski definition) is 4. The van der Waals surface area contributed by atoms with Crippen LogP contribution in [0.2, 0.25) is 0 Å². The quantitative estimate of drug-likeness (QED) is 0.321. The monoisotopic (exact) mass is 523 g/mol. The number of ether oxygens (including phenoxy) is 1. The van der Waals surface area contributed by atoms with Gasteiger partial charge in [-0.15, -0.1) is 0 Å². The van der Waals surface area contributed by atoms with Crippen molar-refractivity contribution in [3.63, 3.8) is 0 Å². The first-order chi connectivity index (χ1) is 19.0. The van der Waals surface area contributed by atoms with Crippen LogP contribution in [0.4, 0.5) is 14.9 Å². The van der Waals surface area contributed by atoms with Gasteiger partial charge in [-0.25, -0.2) is 9.18 Å². The first kappa shape index (κ1) is 25.7. The molecule has 7 nitrogen and oxygen atoms in total. The van der Waals surface area contributed by atoms with Gasteiger partial charge in [0.1, 0.15) is 5.82 Å². The van der Waals surface area contributed by atoms with Gasteiger partial charge in [-0.05, 0) is 41.0 Å². The lowest BCUT2D eigenvalue weighted by Gasteiger charge is -2.24. The lowest BCUT2D eigenvalue weighted by molar-refractivity contribution is -0.126. The minimum Gasteiger partial charge on any atom is -0.438 e. The molecule has 0 bridgehead atoms. The van der Waals surface area contributed by atoms with E-state index < -0.39 is 30.0 Å². The normalized spacial score (nSPS) is 16.4. The van der Waals surface area contributed by atoms with E-state index in [4.69, 9.17) is 4.74 Å². The molecule has 1 aliphatic heterocycles. The predicted molar refractivity (Wildman–Crippen MR) is 144 cm³/mol. The number of benzene rings is 4. The molecule has 0 aromatic heterocycles. The smallest absolute Gasteiger partial charge is 0.411 e. The molecule has 4 aromatic carbocycles. The van der Waals surface area contributed by atoms with Crippen molar-refractivity contribution in [1.82, 2.24) is 10.2 Å².